The summed E-state index contributed by atoms with van der Waals surface area (Å²) in [6, 6.07) is 0. The highest BCUT2D eigenvalue weighted by Gasteiger charge is 2.48. The average molecular weight is 196 g/mol. The second kappa shape index (κ2) is 2.96. The maximum atomic E-state index is 13.2. The Morgan fingerprint density at radius 2 is 1.93 bits per heavy atom. The fourth-order valence-electron chi connectivity index (χ4n) is 1.48. The summed E-state index contributed by atoms with van der Waals surface area (Å²) in [6.45, 7) is 0. The Balaban J connectivity index is 2.56. The summed E-state index contributed by atoms with van der Waals surface area (Å²) >= 11 is 0. The fourth-order valence-corrected chi connectivity index (χ4v) is 1.48. The van der Waals surface area contributed by atoms with Crippen LogP contribution < -0.4 is 0 Å². The van der Waals surface area contributed by atoms with Crippen molar-refractivity contribution < 1.29 is 13.6 Å². The topological polar surface area (TPSA) is 42.3 Å². The van der Waals surface area contributed by atoms with E-state index in [1.165, 1.54) is 6.08 Å². The minimum atomic E-state index is -1.02. The second-order valence-electron chi connectivity index (χ2n) is 3.21. The highest BCUT2D eigenvalue weighted by molar-refractivity contribution is 5.41. The first kappa shape index (κ1) is 8.97. The molecule has 2 rings (SSSR count). The summed E-state index contributed by atoms with van der Waals surface area (Å²) in [5.41, 5.74) is -1.19. The SMILES string of the molecule is O=C=NC1(c2c(F)cncc2F)CC1. The molecule has 1 fully saturated rings. The molecule has 0 aromatic carbocycles. The molecule has 1 aromatic rings. The highest BCUT2D eigenvalue weighted by atomic mass is 19.1. The lowest BCUT2D eigenvalue weighted by atomic mass is 10.1. The summed E-state index contributed by atoms with van der Waals surface area (Å²) < 4.78 is 26.4. The van der Waals surface area contributed by atoms with E-state index >= 15 is 0 Å². The van der Waals surface area contributed by atoms with E-state index in [2.05, 4.69) is 9.98 Å². The minimum absolute atomic E-state index is 0.171. The number of carbonyl (C=O) groups excluding carboxylic acids is 1. The summed E-state index contributed by atoms with van der Waals surface area (Å²) in [6.07, 6.45) is 4.12. The quantitative estimate of drug-likeness (QED) is 0.533. The van der Waals surface area contributed by atoms with E-state index in [1.807, 2.05) is 0 Å². The monoisotopic (exact) mass is 196 g/mol. The fraction of sp³-hybridized carbons (Fsp3) is 0.333. The molecule has 72 valence electrons. The number of aliphatic imine (C=N–C) groups is 1. The molecule has 0 radical (unpaired) electrons. The van der Waals surface area contributed by atoms with Crippen LogP contribution in [0.25, 0.3) is 0 Å². The van der Waals surface area contributed by atoms with Crippen molar-refractivity contribution in [3.05, 3.63) is 29.6 Å². The lowest BCUT2D eigenvalue weighted by molar-refractivity contribution is 0.508. The molecule has 1 saturated carbocycles. The van der Waals surface area contributed by atoms with E-state index < -0.39 is 17.2 Å². The van der Waals surface area contributed by atoms with Gasteiger partial charge in [-0.1, -0.05) is 0 Å². The average Bonchev–Trinajstić information content (AvgIpc) is 2.86. The number of rotatable bonds is 2. The van der Waals surface area contributed by atoms with Gasteiger partial charge in [0.2, 0.25) is 6.08 Å². The number of halogens is 2. The van der Waals surface area contributed by atoms with Crippen LogP contribution in [0.15, 0.2) is 17.4 Å². The Morgan fingerprint density at radius 3 is 2.36 bits per heavy atom. The van der Waals surface area contributed by atoms with Crippen molar-refractivity contribution in [1.82, 2.24) is 4.98 Å². The van der Waals surface area contributed by atoms with Gasteiger partial charge in [0.25, 0.3) is 0 Å². The van der Waals surface area contributed by atoms with Gasteiger partial charge in [0.05, 0.1) is 18.0 Å². The first-order chi connectivity index (χ1) is 6.69. The first-order valence-corrected chi connectivity index (χ1v) is 4.08. The van der Waals surface area contributed by atoms with Crippen molar-refractivity contribution in [1.29, 1.82) is 0 Å². The Morgan fingerprint density at radius 1 is 1.36 bits per heavy atom. The normalized spacial score (nSPS) is 17.3. The molecule has 0 aliphatic heterocycles. The van der Waals surface area contributed by atoms with Crippen LogP contribution >= 0.6 is 0 Å². The van der Waals surface area contributed by atoms with Crippen LogP contribution in [0, 0.1) is 11.6 Å². The maximum Gasteiger partial charge on any atom is 0.235 e. The van der Waals surface area contributed by atoms with Crippen LogP contribution in [0.1, 0.15) is 18.4 Å². The summed E-state index contributed by atoms with van der Waals surface area (Å²) in [5, 5.41) is 0. The third-order valence-corrected chi connectivity index (χ3v) is 2.30. The molecule has 0 N–H and O–H groups in total. The predicted octanol–water partition coefficient (Wildman–Crippen LogP) is 1.68. The summed E-state index contributed by atoms with van der Waals surface area (Å²) in [7, 11) is 0. The molecule has 0 bridgehead atoms. The molecule has 1 aliphatic rings. The van der Waals surface area contributed by atoms with E-state index in [-0.39, 0.29) is 5.56 Å². The minimum Gasteiger partial charge on any atom is -0.259 e. The van der Waals surface area contributed by atoms with Gasteiger partial charge in [0.1, 0.15) is 17.2 Å². The molecule has 0 atom stereocenters. The number of hydrogen-bond donors (Lipinski definition) is 0. The molecule has 14 heavy (non-hydrogen) atoms. The Bertz CT molecular complexity index is 403. The molecule has 3 nitrogen and oxygen atoms in total. The van der Waals surface area contributed by atoms with Gasteiger partial charge in [-0.25, -0.2) is 13.6 Å². The Kier molecular flexibility index (Phi) is 1.89. The molecular formula is C9H6F2N2O. The zero-order valence-electron chi connectivity index (χ0n) is 7.13. The predicted molar refractivity (Wildman–Crippen MR) is 43.2 cm³/mol. The van der Waals surface area contributed by atoms with Gasteiger partial charge in [0, 0.05) is 0 Å². The Labute approximate surface area is 78.5 Å². The number of aromatic nitrogens is 1. The van der Waals surface area contributed by atoms with E-state index in [0.717, 1.165) is 12.4 Å². The van der Waals surface area contributed by atoms with Gasteiger partial charge < -0.3 is 0 Å². The zero-order chi connectivity index (χ0) is 10.2. The molecule has 1 aromatic heterocycles. The highest BCUT2D eigenvalue weighted by Crippen LogP contribution is 2.50. The molecule has 5 heteroatoms. The molecule has 0 saturated heterocycles. The van der Waals surface area contributed by atoms with Gasteiger partial charge in [-0.2, -0.15) is 4.99 Å². The van der Waals surface area contributed by atoms with E-state index in [1.54, 1.807) is 0 Å². The molecule has 0 unspecified atom stereocenters. The van der Waals surface area contributed by atoms with Crippen LogP contribution in [-0.4, -0.2) is 11.1 Å². The van der Waals surface area contributed by atoms with Crippen LogP contribution in [0.4, 0.5) is 8.78 Å². The van der Waals surface area contributed by atoms with Gasteiger partial charge >= 0.3 is 0 Å². The number of nitrogens with zero attached hydrogens (tertiary/aromatic N) is 2. The molecule has 0 spiro atoms. The third kappa shape index (κ3) is 1.22. The molecule has 0 amide bonds. The maximum absolute atomic E-state index is 13.2. The van der Waals surface area contributed by atoms with Crippen LogP contribution in [0.3, 0.4) is 0 Å². The summed E-state index contributed by atoms with van der Waals surface area (Å²) in [4.78, 5) is 16.9. The van der Waals surface area contributed by atoms with Crippen molar-refractivity contribution in [3.63, 3.8) is 0 Å². The molecule has 1 heterocycles. The van der Waals surface area contributed by atoms with Crippen molar-refractivity contribution in [2.45, 2.75) is 18.4 Å². The van der Waals surface area contributed by atoms with E-state index in [0.29, 0.717) is 12.8 Å². The third-order valence-electron chi connectivity index (χ3n) is 2.30. The van der Waals surface area contributed by atoms with Crippen LogP contribution in [0.2, 0.25) is 0 Å². The van der Waals surface area contributed by atoms with Gasteiger partial charge in [0.15, 0.2) is 0 Å². The van der Waals surface area contributed by atoms with Crippen molar-refractivity contribution >= 4 is 6.08 Å². The lowest BCUT2D eigenvalue weighted by Gasteiger charge is -2.09. The summed E-state index contributed by atoms with van der Waals surface area (Å²) in [5.74, 6) is -1.53. The van der Waals surface area contributed by atoms with Gasteiger partial charge in [-0.05, 0) is 12.8 Å². The van der Waals surface area contributed by atoms with Crippen LogP contribution in [-0.2, 0) is 10.3 Å². The smallest absolute Gasteiger partial charge is 0.235 e. The lowest BCUT2D eigenvalue weighted by Crippen LogP contribution is -2.09. The van der Waals surface area contributed by atoms with Crippen molar-refractivity contribution in [2.75, 3.05) is 0 Å². The van der Waals surface area contributed by atoms with Gasteiger partial charge in [-0.15, -0.1) is 0 Å². The second-order valence-corrected chi connectivity index (χ2v) is 3.21. The number of pyridine rings is 1. The van der Waals surface area contributed by atoms with E-state index in [9.17, 15) is 13.6 Å². The first-order valence-electron chi connectivity index (χ1n) is 4.08. The van der Waals surface area contributed by atoms with Gasteiger partial charge in [-0.3, -0.25) is 4.98 Å². The largest absolute Gasteiger partial charge is 0.259 e. The van der Waals surface area contributed by atoms with E-state index in [4.69, 9.17) is 0 Å². The number of hydrogen-bond acceptors (Lipinski definition) is 3. The Hall–Kier alpha value is -1.61. The number of isocyanates is 1. The van der Waals surface area contributed by atoms with Crippen LogP contribution in [0.5, 0.6) is 0 Å². The molecular weight excluding hydrogens is 190 g/mol. The molecule has 1 aliphatic carbocycles. The van der Waals surface area contributed by atoms with Crippen molar-refractivity contribution in [3.8, 4) is 0 Å². The zero-order valence-corrected chi connectivity index (χ0v) is 7.13. The standard InChI is InChI=1S/C9H6F2N2O/c10-6-3-12-4-7(11)8(6)9(1-2-9)13-5-14/h3-4H,1-2H2. The van der Waals surface area contributed by atoms with Crippen molar-refractivity contribution in [2.24, 2.45) is 4.99 Å².